The summed E-state index contributed by atoms with van der Waals surface area (Å²) in [6, 6.07) is 8.88. The summed E-state index contributed by atoms with van der Waals surface area (Å²) in [4.78, 5) is 36.9. The highest BCUT2D eigenvalue weighted by Gasteiger charge is 2.27. The van der Waals surface area contributed by atoms with Gasteiger partial charge in [0.1, 0.15) is 12.6 Å². The number of nitrogens with one attached hydrogen (secondary N) is 1. The highest BCUT2D eigenvalue weighted by atomic mass is 35.5. The third-order valence-corrected chi connectivity index (χ3v) is 5.86. The maximum absolute atomic E-state index is 13.0. The van der Waals surface area contributed by atoms with Gasteiger partial charge in [0.2, 0.25) is 5.91 Å². The van der Waals surface area contributed by atoms with Gasteiger partial charge >= 0.3 is 5.97 Å². The first-order valence-corrected chi connectivity index (χ1v) is 12.7. The highest BCUT2D eigenvalue weighted by molar-refractivity contribution is 8.13. The van der Waals surface area contributed by atoms with Crippen molar-refractivity contribution in [2.75, 3.05) is 43.5 Å². The molecule has 1 N–H and O–H groups in total. The minimum Gasteiger partial charge on any atom is -0.462 e. The molecule has 1 amide bonds. The lowest BCUT2D eigenvalue weighted by Crippen LogP contribution is -2.46. The third-order valence-electron chi connectivity index (χ3n) is 4.09. The summed E-state index contributed by atoms with van der Waals surface area (Å²) in [5.41, 5.74) is 1.00. The number of rotatable bonds is 15. The predicted molar refractivity (Wildman–Crippen MR) is 124 cm³/mol. The maximum atomic E-state index is 13.0. The number of benzene rings is 1. The summed E-state index contributed by atoms with van der Waals surface area (Å²) in [7, 11) is 0. The quantitative estimate of drug-likeness (QED) is 0.237. The Hall–Kier alpha value is -1.22. The second-order valence-electron chi connectivity index (χ2n) is 6.50. The molecule has 0 spiro atoms. The zero-order valence-electron chi connectivity index (χ0n) is 17.4. The van der Waals surface area contributed by atoms with Gasteiger partial charge in [0.05, 0.1) is 19.1 Å². The Labute approximate surface area is 192 Å². The average Bonchev–Trinajstić information content (AvgIpc) is 2.74. The van der Waals surface area contributed by atoms with Gasteiger partial charge in [-0.25, -0.2) is 4.79 Å². The summed E-state index contributed by atoms with van der Waals surface area (Å²) in [5, 5.41) is 2.79. The van der Waals surface area contributed by atoms with Crippen molar-refractivity contribution >= 4 is 52.1 Å². The van der Waals surface area contributed by atoms with E-state index in [2.05, 4.69) is 5.32 Å². The van der Waals surface area contributed by atoms with Gasteiger partial charge in [-0.05, 0) is 30.4 Å². The van der Waals surface area contributed by atoms with E-state index in [4.69, 9.17) is 21.1 Å². The number of esters is 1. The Morgan fingerprint density at radius 1 is 1.13 bits per heavy atom. The molecule has 1 aromatic rings. The van der Waals surface area contributed by atoms with Crippen LogP contribution in [0.15, 0.2) is 30.3 Å². The molecule has 0 radical (unpaired) electrons. The Kier molecular flexibility index (Phi) is 14.7. The van der Waals surface area contributed by atoms with Crippen LogP contribution in [0.1, 0.15) is 18.9 Å². The van der Waals surface area contributed by atoms with E-state index in [9.17, 15) is 14.4 Å². The topological polar surface area (TPSA) is 81.7 Å². The molecule has 0 saturated heterocycles. The Morgan fingerprint density at radius 3 is 2.50 bits per heavy atom. The van der Waals surface area contributed by atoms with E-state index in [0.717, 1.165) is 17.3 Å². The normalized spacial score (nSPS) is 12.8. The van der Waals surface area contributed by atoms with Crippen molar-refractivity contribution in [2.24, 2.45) is 5.92 Å². The fraction of sp³-hybridized carbons (Fsp3) is 0.571. The number of thioether (sulfide) groups is 2. The number of alkyl halides is 1. The Balaban J connectivity index is 2.73. The number of halogens is 1. The molecule has 6 nitrogen and oxygen atoms in total. The smallest absolute Gasteiger partial charge is 0.328 e. The molecule has 9 heteroatoms. The SMILES string of the molecule is CSCC[C@H](NC(=O)C(CSC(C)=O)Cc1ccccc1)C(=O)OCCOCCCl. The standard InChI is InChI=1S/C21H30ClNO5S2/c1-16(24)30-15-18(14-17-6-4-3-5-7-17)20(25)23-19(8-13-29-2)21(26)28-12-11-27-10-9-22/h3-7,18-19H,8-15H2,1-2H3,(H,23,25)/t18?,19-/m0/s1. The van der Waals surface area contributed by atoms with Crippen LogP contribution in [0.3, 0.4) is 0 Å². The van der Waals surface area contributed by atoms with E-state index in [-0.39, 0.29) is 24.2 Å². The molecule has 1 rings (SSSR count). The van der Waals surface area contributed by atoms with Crippen molar-refractivity contribution in [1.29, 1.82) is 0 Å². The van der Waals surface area contributed by atoms with Crippen LogP contribution in [0, 0.1) is 5.92 Å². The number of carbonyl (C=O) groups excluding carboxylic acids is 3. The number of hydrogen-bond donors (Lipinski definition) is 1. The van der Waals surface area contributed by atoms with Crippen LogP contribution in [0.4, 0.5) is 0 Å². The molecule has 1 aromatic carbocycles. The van der Waals surface area contributed by atoms with Crippen LogP contribution in [-0.2, 0) is 30.3 Å². The van der Waals surface area contributed by atoms with Crippen molar-refractivity contribution in [3.05, 3.63) is 35.9 Å². The van der Waals surface area contributed by atoms with Gasteiger partial charge in [0, 0.05) is 18.6 Å². The van der Waals surface area contributed by atoms with E-state index < -0.39 is 17.9 Å². The zero-order valence-corrected chi connectivity index (χ0v) is 19.8. The number of amides is 1. The molecule has 0 saturated carbocycles. The first kappa shape index (κ1) is 26.8. The molecule has 0 aliphatic rings. The van der Waals surface area contributed by atoms with Crippen LogP contribution >= 0.6 is 35.1 Å². The number of hydrogen-bond acceptors (Lipinski definition) is 7. The average molecular weight is 476 g/mol. The lowest BCUT2D eigenvalue weighted by Gasteiger charge is -2.21. The van der Waals surface area contributed by atoms with E-state index in [0.29, 0.717) is 36.8 Å². The molecule has 0 fully saturated rings. The van der Waals surface area contributed by atoms with Gasteiger partial charge in [-0.1, -0.05) is 42.1 Å². The van der Waals surface area contributed by atoms with Gasteiger partial charge in [-0.2, -0.15) is 11.8 Å². The van der Waals surface area contributed by atoms with Crippen molar-refractivity contribution in [2.45, 2.75) is 25.8 Å². The molecule has 0 heterocycles. The Morgan fingerprint density at radius 2 is 1.87 bits per heavy atom. The predicted octanol–water partition coefficient (Wildman–Crippen LogP) is 3.16. The lowest BCUT2D eigenvalue weighted by molar-refractivity contribution is -0.149. The molecule has 0 aliphatic heterocycles. The first-order chi connectivity index (χ1) is 14.5. The van der Waals surface area contributed by atoms with Crippen LogP contribution in [0.2, 0.25) is 0 Å². The zero-order chi connectivity index (χ0) is 22.2. The number of ether oxygens (including phenoxy) is 2. The van der Waals surface area contributed by atoms with E-state index >= 15 is 0 Å². The minimum absolute atomic E-state index is 0.0452. The maximum Gasteiger partial charge on any atom is 0.328 e. The minimum atomic E-state index is -0.737. The molecule has 1 unspecified atom stereocenters. The molecule has 30 heavy (non-hydrogen) atoms. The van der Waals surface area contributed by atoms with Crippen molar-refractivity contribution in [1.82, 2.24) is 5.32 Å². The molecule has 168 valence electrons. The summed E-state index contributed by atoms with van der Waals surface area (Å²) >= 11 is 8.24. The molecular weight excluding hydrogens is 446 g/mol. The van der Waals surface area contributed by atoms with Crippen LogP contribution in [0.25, 0.3) is 0 Å². The van der Waals surface area contributed by atoms with Crippen LogP contribution in [-0.4, -0.2) is 66.5 Å². The van der Waals surface area contributed by atoms with Gasteiger partial charge in [-0.15, -0.1) is 11.6 Å². The molecule has 0 aliphatic carbocycles. The second-order valence-corrected chi connectivity index (χ2v) is 9.06. The molecule has 2 atom stereocenters. The monoisotopic (exact) mass is 475 g/mol. The lowest BCUT2D eigenvalue weighted by atomic mass is 9.99. The van der Waals surface area contributed by atoms with Gasteiger partial charge in [-0.3, -0.25) is 9.59 Å². The van der Waals surface area contributed by atoms with Gasteiger partial charge in [0.25, 0.3) is 0 Å². The van der Waals surface area contributed by atoms with Gasteiger partial charge < -0.3 is 14.8 Å². The molecule has 0 aromatic heterocycles. The summed E-state index contributed by atoms with van der Waals surface area (Å²) in [5.74, 6) is 0.263. The van der Waals surface area contributed by atoms with E-state index in [1.54, 1.807) is 11.8 Å². The molecule has 0 bridgehead atoms. The first-order valence-electron chi connectivity index (χ1n) is 9.74. The third kappa shape index (κ3) is 11.8. The fourth-order valence-electron chi connectivity index (χ4n) is 2.58. The number of carbonyl (C=O) groups is 3. The van der Waals surface area contributed by atoms with E-state index in [1.807, 2.05) is 36.6 Å². The van der Waals surface area contributed by atoms with E-state index in [1.165, 1.54) is 6.92 Å². The molecular formula is C21H30ClNO5S2. The Bertz CT molecular complexity index is 648. The summed E-state index contributed by atoms with van der Waals surface area (Å²) in [6.07, 6.45) is 2.89. The largest absolute Gasteiger partial charge is 0.462 e. The second kappa shape index (κ2) is 16.5. The van der Waals surface area contributed by atoms with Crippen molar-refractivity contribution in [3.63, 3.8) is 0 Å². The van der Waals surface area contributed by atoms with Crippen LogP contribution in [0.5, 0.6) is 0 Å². The highest BCUT2D eigenvalue weighted by Crippen LogP contribution is 2.17. The fourth-order valence-corrected chi connectivity index (χ4v) is 3.86. The van der Waals surface area contributed by atoms with Crippen molar-refractivity contribution < 1.29 is 23.9 Å². The van der Waals surface area contributed by atoms with Crippen LogP contribution < -0.4 is 5.32 Å². The summed E-state index contributed by atoms with van der Waals surface area (Å²) < 4.78 is 10.5. The van der Waals surface area contributed by atoms with Gasteiger partial charge in [0.15, 0.2) is 5.12 Å². The summed E-state index contributed by atoms with van der Waals surface area (Å²) in [6.45, 7) is 2.23. The van der Waals surface area contributed by atoms with Crippen molar-refractivity contribution in [3.8, 4) is 0 Å².